The van der Waals surface area contributed by atoms with Crippen molar-refractivity contribution in [2.45, 2.75) is 65.4 Å². The predicted molar refractivity (Wildman–Crippen MR) is 63.4 cm³/mol. The molecule has 0 aliphatic carbocycles. The Kier molecular flexibility index (Phi) is 9.06. The molecular formula is C13H26O. The first-order valence-electron chi connectivity index (χ1n) is 6.03. The predicted octanol–water partition coefficient (Wildman–Crippen LogP) is 3.92. The van der Waals surface area contributed by atoms with Crippen LogP contribution in [-0.2, 0) is 0 Å². The Morgan fingerprint density at radius 2 is 1.71 bits per heavy atom. The van der Waals surface area contributed by atoms with Crippen molar-refractivity contribution in [2.75, 3.05) is 0 Å². The zero-order valence-electron chi connectivity index (χ0n) is 10.00. The second kappa shape index (κ2) is 9.26. The van der Waals surface area contributed by atoms with E-state index in [2.05, 4.69) is 13.0 Å². The Hall–Kier alpha value is -0.300. The van der Waals surface area contributed by atoms with E-state index in [1.54, 1.807) is 0 Å². The van der Waals surface area contributed by atoms with Gasteiger partial charge in [0.05, 0.1) is 6.10 Å². The highest BCUT2D eigenvalue weighted by Gasteiger charge is 2.02. The molecule has 1 heteroatoms. The monoisotopic (exact) mass is 198 g/mol. The van der Waals surface area contributed by atoms with Gasteiger partial charge in [0, 0.05) is 0 Å². The fraction of sp³-hybridized carbons (Fsp3) is 0.846. The van der Waals surface area contributed by atoms with E-state index >= 15 is 0 Å². The van der Waals surface area contributed by atoms with E-state index in [-0.39, 0.29) is 6.10 Å². The van der Waals surface area contributed by atoms with Crippen LogP contribution in [0.1, 0.15) is 59.3 Å². The van der Waals surface area contributed by atoms with Crippen LogP contribution in [0.4, 0.5) is 0 Å². The molecule has 0 saturated carbocycles. The molecule has 0 rings (SSSR count). The Morgan fingerprint density at radius 3 is 2.29 bits per heavy atom. The van der Waals surface area contributed by atoms with Crippen LogP contribution in [0, 0.1) is 5.92 Å². The largest absolute Gasteiger partial charge is 0.389 e. The number of aliphatic hydroxyl groups excluding tert-OH is 1. The van der Waals surface area contributed by atoms with Gasteiger partial charge in [-0.3, -0.25) is 0 Å². The molecule has 14 heavy (non-hydrogen) atoms. The first kappa shape index (κ1) is 13.7. The molecule has 84 valence electrons. The number of aliphatic hydroxyl groups is 1. The zero-order chi connectivity index (χ0) is 10.8. The minimum Gasteiger partial charge on any atom is -0.389 e. The molecule has 1 nitrogen and oxygen atoms in total. The molecule has 0 radical (unpaired) electrons. The third-order valence-electron chi connectivity index (χ3n) is 2.49. The number of hydrogen-bond donors (Lipinski definition) is 1. The van der Waals surface area contributed by atoms with Gasteiger partial charge in [-0.05, 0) is 18.8 Å². The summed E-state index contributed by atoms with van der Waals surface area (Å²) in [6.45, 7) is 6.31. The molecule has 0 spiro atoms. The van der Waals surface area contributed by atoms with E-state index in [1.165, 1.54) is 32.1 Å². The fourth-order valence-electron chi connectivity index (χ4n) is 1.32. The van der Waals surface area contributed by atoms with Crippen molar-refractivity contribution in [1.29, 1.82) is 0 Å². The quantitative estimate of drug-likeness (QED) is 0.463. The maximum atomic E-state index is 9.48. The molecule has 0 bridgehead atoms. The summed E-state index contributed by atoms with van der Waals surface area (Å²) in [5.41, 5.74) is 0. The van der Waals surface area contributed by atoms with Crippen molar-refractivity contribution < 1.29 is 5.11 Å². The Labute approximate surface area is 89.2 Å². The maximum absolute atomic E-state index is 9.48. The molecule has 0 aromatic heterocycles. The van der Waals surface area contributed by atoms with Gasteiger partial charge < -0.3 is 5.11 Å². The molecule has 0 saturated heterocycles. The highest BCUT2D eigenvalue weighted by molar-refractivity contribution is 4.89. The molecule has 0 aromatic carbocycles. The van der Waals surface area contributed by atoms with Crippen molar-refractivity contribution in [3.8, 4) is 0 Å². The highest BCUT2D eigenvalue weighted by Crippen LogP contribution is 2.07. The van der Waals surface area contributed by atoms with Crippen molar-refractivity contribution in [3.05, 3.63) is 12.2 Å². The summed E-state index contributed by atoms with van der Waals surface area (Å²) in [6.07, 6.45) is 11.5. The lowest BCUT2D eigenvalue weighted by Crippen LogP contribution is -2.10. The zero-order valence-corrected chi connectivity index (χ0v) is 10.00. The number of rotatable bonds is 8. The molecule has 0 fully saturated rings. The van der Waals surface area contributed by atoms with Crippen LogP contribution in [0.15, 0.2) is 12.2 Å². The van der Waals surface area contributed by atoms with E-state index in [0.29, 0.717) is 5.92 Å². The summed E-state index contributed by atoms with van der Waals surface area (Å²) in [4.78, 5) is 0. The molecule has 1 unspecified atom stereocenters. The first-order valence-corrected chi connectivity index (χ1v) is 6.03. The van der Waals surface area contributed by atoms with Crippen molar-refractivity contribution in [2.24, 2.45) is 5.92 Å². The third kappa shape index (κ3) is 8.31. The fourth-order valence-corrected chi connectivity index (χ4v) is 1.32. The van der Waals surface area contributed by atoms with Crippen LogP contribution in [0.25, 0.3) is 0 Å². The maximum Gasteiger partial charge on any atom is 0.0743 e. The minimum absolute atomic E-state index is 0.259. The molecular weight excluding hydrogens is 172 g/mol. The van der Waals surface area contributed by atoms with E-state index in [9.17, 15) is 5.11 Å². The van der Waals surface area contributed by atoms with Crippen LogP contribution in [0.3, 0.4) is 0 Å². The van der Waals surface area contributed by atoms with Gasteiger partial charge in [0.2, 0.25) is 0 Å². The van der Waals surface area contributed by atoms with E-state index < -0.39 is 0 Å². The van der Waals surface area contributed by atoms with Gasteiger partial charge in [-0.15, -0.1) is 0 Å². The molecule has 1 atom stereocenters. The van der Waals surface area contributed by atoms with Gasteiger partial charge in [-0.2, -0.15) is 0 Å². The average molecular weight is 198 g/mol. The molecule has 0 heterocycles. The molecule has 0 aromatic rings. The molecule has 0 aliphatic rings. The van der Waals surface area contributed by atoms with Crippen LogP contribution in [0.2, 0.25) is 0 Å². The summed E-state index contributed by atoms with van der Waals surface area (Å²) in [5, 5.41) is 9.48. The summed E-state index contributed by atoms with van der Waals surface area (Å²) < 4.78 is 0. The highest BCUT2D eigenvalue weighted by atomic mass is 16.3. The number of hydrogen-bond acceptors (Lipinski definition) is 1. The Morgan fingerprint density at radius 1 is 1.07 bits per heavy atom. The smallest absolute Gasteiger partial charge is 0.0743 e. The van der Waals surface area contributed by atoms with Gasteiger partial charge in [-0.1, -0.05) is 58.6 Å². The second-order valence-electron chi connectivity index (χ2n) is 4.37. The molecule has 0 amide bonds. The van der Waals surface area contributed by atoms with Gasteiger partial charge in [-0.25, -0.2) is 0 Å². The summed E-state index contributed by atoms with van der Waals surface area (Å²) in [7, 11) is 0. The average Bonchev–Trinajstić information content (AvgIpc) is 2.16. The molecule has 0 aliphatic heterocycles. The lowest BCUT2D eigenvalue weighted by Gasteiger charge is -2.08. The summed E-state index contributed by atoms with van der Waals surface area (Å²) in [5.74, 6) is 0.339. The van der Waals surface area contributed by atoms with Crippen LogP contribution in [0.5, 0.6) is 0 Å². The Balaban J connectivity index is 3.26. The first-order chi connectivity index (χ1) is 6.68. The summed E-state index contributed by atoms with van der Waals surface area (Å²) >= 11 is 0. The minimum atomic E-state index is -0.259. The lowest BCUT2D eigenvalue weighted by molar-refractivity contribution is 0.172. The molecule has 1 N–H and O–H groups in total. The van der Waals surface area contributed by atoms with Crippen LogP contribution in [-0.4, -0.2) is 11.2 Å². The SMILES string of the molecule is CCCCCCC/C=C/C(O)C(C)C. The Bertz CT molecular complexity index is 138. The van der Waals surface area contributed by atoms with Crippen molar-refractivity contribution >= 4 is 0 Å². The summed E-state index contributed by atoms with van der Waals surface area (Å²) in [6, 6.07) is 0. The van der Waals surface area contributed by atoms with E-state index in [1.807, 2.05) is 19.9 Å². The lowest BCUT2D eigenvalue weighted by atomic mass is 10.1. The standard InChI is InChI=1S/C13H26O/c1-4-5-6-7-8-9-10-11-13(14)12(2)3/h10-14H,4-9H2,1-3H3/b11-10+. The number of allylic oxidation sites excluding steroid dienone is 1. The normalized spacial score (nSPS) is 14.1. The topological polar surface area (TPSA) is 20.2 Å². The van der Waals surface area contributed by atoms with E-state index in [0.717, 1.165) is 6.42 Å². The van der Waals surface area contributed by atoms with Gasteiger partial charge in [0.1, 0.15) is 0 Å². The van der Waals surface area contributed by atoms with Gasteiger partial charge >= 0.3 is 0 Å². The van der Waals surface area contributed by atoms with Gasteiger partial charge in [0.15, 0.2) is 0 Å². The van der Waals surface area contributed by atoms with Crippen LogP contribution >= 0.6 is 0 Å². The van der Waals surface area contributed by atoms with Gasteiger partial charge in [0.25, 0.3) is 0 Å². The third-order valence-corrected chi connectivity index (χ3v) is 2.49. The van der Waals surface area contributed by atoms with Crippen LogP contribution < -0.4 is 0 Å². The van der Waals surface area contributed by atoms with Crippen molar-refractivity contribution in [1.82, 2.24) is 0 Å². The second-order valence-corrected chi connectivity index (χ2v) is 4.37. The number of unbranched alkanes of at least 4 members (excludes halogenated alkanes) is 5. The van der Waals surface area contributed by atoms with E-state index in [4.69, 9.17) is 0 Å². The van der Waals surface area contributed by atoms with Crippen molar-refractivity contribution in [3.63, 3.8) is 0 Å².